The number of methoxy groups -OCH3 is 1. The lowest BCUT2D eigenvalue weighted by Gasteiger charge is -2.11. The van der Waals surface area contributed by atoms with Gasteiger partial charge in [0.05, 0.1) is 35.3 Å². The van der Waals surface area contributed by atoms with Crippen LogP contribution >= 0.6 is 0 Å². The van der Waals surface area contributed by atoms with Gasteiger partial charge in [0.1, 0.15) is 11.8 Å². The number of rotatable bonds is 2. The van der Waals surface area contributed by atoms with E-state index < -0.39 is 0 Å². The van der Waals surface area contributed by atoms with Gasteiger partial charge in [-0.15, -0.1) is 0 Å². The fraction of sp³-hybridized carbons (Fsp3) is 0.0476. The number of ether oxygens (including phenoxy) is 1. The van der Waals surface area contributed by atoms with Crippen molar-refractivity contribution >= 4 is 23.0 Å². The first kappa shape index (κ1) is 15.7. The second-order valence-corrected chi connectivity index (χ2v) is 5.91. The summed E-state index contributed by atoms with van der Waals surface area (Å²) in [6.45, 7) is 0. The Morgan fingerprint density at radius 3 is 2.31 bits per heavy atom. The SMILES string of the molecule is COc1cc(-c2ccc3c(c2)Nc2ccccc2NC3=O)ccc1C#N. The molecule has 26 heavy (non-hydrogen) atoms. The Morgan fingerprint density at radius 2 is 1.58 bits per heavy atom. The molecule has 126 valence electrons. The fourth-order valence-electron chi connectivity index (χ4n) is 3.02. The maximum atomic E-state index is 12.5. The summed E-state index contributed by atoms with van der Waals surface area (Å²) in [4.78, 5) is 12.5. The maximum absolute atomic E-state index is 12.5. The molecule has 5 nitrogen and oxygen atoms in total. The van der Waals surface area contributed by atoms with E-state index in [-0.39, 0.29) is 5.91 Å². The Bertz CT molecular complexity index is 1070. The first-order chi connectivity index (χ1) is 12.7. The van der Waals surface area contributed by atoms with Crippen LogP contribution in [-0.4, -0.2) is 13.0 Å². The Kier molecular flexibility index (Phi) is 3.79. The molecule has 0 aliphatic carbocycles. The van der Waals surface area contributed by atoms with Gasteiger partial charge in [0.2, 0.25) is 0 Å². The second kappa shape index (κ2) is 6.26. The molecule has 5 heteroatoms. The highest BCUT2D eigenvalue weighted by Crippen LogP contribution is 2.35. The summed E-state index contributed by atoms with van der Waals surface area (Å²) >= 11 is 0. The molecule has 0 spiro atoms. The fourth-order valence-corrected chi connectivity index (χ4v) is 3.02. The third-order valence-electron chi connectivity index (χ3n) is 4.36. The average molecular weight is 341 g/mol. The lowest BCUT2D eigenvalue weighted by Crippen LogP contribution is -2.10. The molecular weight excluding hydrogens is 326 g/mol. The van der Waals surface area contributed by atoms with Gasteiger partial charge >= 0.3 is 0 Å². The first-order valence-electron chi connectivity index (χ1n) is 8.09. The lowest BCUT2D eigenvalue weighted by atomic mass is 10.0. The third kappa shape index (κ3) is 2.64. The summed E-state index contributed by atoms with van der Waals surface area (Å²) in [5.74, 6) is 0.373. The topological polar surface area (TPSA) is 74.2 Å². The lowest BCUT2D eigenvalue weighted by molar-refractivity contribution is 0.102. The molecule has 1 aliphatic heterocycles. The molecule has 0 saturated heterocycles. The highest BCUT2D eigenvalue weighted by molar-refractivity contribution is 6.12. The van der Waals surface area contributed by atoms with Crippen molar-refractivity contribution in [1.29, 1.82) is 5.26 Å². The molecule has 0 radical (unpaired) electrons. The Balaban J connectivity index is 1.80. The maximum Gasteiger partial charge on any atom is 0.257 e. The van der Waals surface area contributed by atoms with Crippen LogP contribution in [0.15, 0.2) is 60.7 Å². The molecule has 1 amide bonds. The Hall–Kier alpha value is -3.78. The van der Waals surface area contributed by atoms with Crippen LogP contribution in [0, 0.1) is 11.3 Å². The number of hydrogen-bond donors (Lipinski definition) is 2. The van der Waals surface area contributed by atoms with Crippen molar-refractivity contribution < 1.29 is 9.53 Å². The largest absolute Gasteiger partial charge is 0.495 e. The van der Waals surface area contributed by atoms with E-state index in [2.05, 4.69) is 16.7 Å². The average Bonchev–Trinajstić information content (AvgIpc) is 2.82. The number of nitriles is 1. The van der Waals surface area contributed by atoms with E-state index in [4.69, 9.17) is 10.00 Å². The third-order valence-corrected chi connectivity index (χ3v) is 4.36. The molecule has 0 saturated carbocycles. The zero-order chi connectivity index (χ0) is 18.1. The molecule has 0 atom stereocenters. The normalized spacial score (nSPS) is 11.9. The van der Waals surface area contributed by atoms with Gasteiger partial charge in [0, 0.05) is 0 Å². The van der Waals surface area contributed by atoms with E-state index in [9.17, 15) is 4.79 Å². The van der Waals surface area contributed by atoms with Gasteiger partial charge in [0.25, 0.3) is 5.91 Å². The summed E-state index contributed by atoms with van der Waals surface area (Å²) < 4.78 is 5.29. The van der Waals surface area contributed by atoms with Crippen molar-refractivity contribution in [3.8, 4) is 22.9 Å². The van der Waals surface area contributed by atoms with Crippen molar-refractivity contribution in [2.45, 2.75) is 0 Å². The number of nitrogens with zero attached hydrogens (tertiary/aromatic N) is 1. The van der Waals surface area contributed by atoms with Crippen LogP contribution in [0.5, 0.6) is 5.75 Å². The van der Waals surface area contributed by atoms with Gasteiger partial charge in [-0.25, -0.2) is 0 Å². The van der Waals surface area contributed by atoms with Crippen molar-refractivity contribution in [2.24, 2.45) is 0 Å². The van der Waals surface area contributed by atoms with E-state index in [1.165, 1.54) is 0 Å². The van der Waals surface area contributed by atoms with Gasteiger partial charge in [-0.05, 0) is 47.5 Å². The zero-order valence-electron chi connectivity index (χ0n) is 14.0. The van der Waals surface area contributed by atoms with Crippen molar-refractivity contribution in [2.75, 3.05) is 17.7 Å². The molecule has 0 aromatic heterocycles. The molecule has 3 aromatic rings. The molecule has 1 aliphatic rings. The van der Waals surface area contributed by atoms with Gasteiger partial charge in [-0.3, -0.25) is 4.79 Å². The number of amides is 1. The first-order valence-corrected chi connectivity index (χ1v) is 8.09. The highest BCUT2D eigenvalue weighted by atomic mass is 16.5. The van der Waals surface area contributed by atoms with E-state index >= 15 is 0 Å². The van der Waals surface area contributed by atoms with Crippen molar-refractivity contribution in [3.05, 3.63) is 71.8 Å². The minimum absolute atomic E-state index is 0.151. The minimum Gasteiger partial charge on any atom is -0.495 e. The van der Waals surface area contributed by atoms with Crippen LogP contribution in [0.4, 0.5) is 17.1 Å². The molecule has 4 rings (SSSR count). The molecular formula is C21H15N3O2. The van der Waals surface area contributed by atoms with E-state index in [1.54, 1.807) is 19.2 Å². The zero-order valence-corrected chi connectivity index (χ0v) is 14.0. The van der Waals surface area contributed by atoms with Crippen LogP contribution in [0.1, 0.15) is 15.9 Å². The van der Waals surface area contributed by atoms with Gasteiger partial charge in [-0.1, -0.05) is 24.3 Å². The smallest absolute Gasteiger partial charge is 0.257 e. The molecule has 0 bridgehead atoms. The monoisotopic (exact) mass is 341 g/mol. The predicted molar refractivity (Wildman–Crippen MR) is 101 cm³/mol. The number of anilines is 3. The minimum atomic E-state index is -0.151. The predicted octanol–water partition coefficient (Wildman–Crippen LogP) is 4.54. The summed E-state index contributed by atoms with van der Waals surface area (Å²) in [7, 11) is 1.54. The summed E-state index contributed by atoms with van der Waals surface area (Å²) in [6, 6.07) is 20.7. The number of para-hydroxylation sites is 2. The molecule has 1 heterocycles. The standard InChI is InChI=1S/C21H15N3O2/c1-26-20-11-14(6-7-15(20)12-22)13-8-9-16-19(10-13)23-17-4-2-3-5-18(17)24-21(16)25/h2-11,23H,1H3,(H,24,25). The van der Waals surface area contributed by atoms with Crippen molar-refractivity contribution in [1.82, 2.24) is 0 Å². The van der Waals surface area contributed by atoms with Gasteiger partial charge in [-0.2, -0.15) is 5.26 Å². The number of fused-ring (bicyclic) bond motifs is 2. The van der Waals surface area contributed by atoms with E-state index in [0.29, 0.717) is 16.9 Å². The van der Waals surface area contributed by atoms with Gasteiger partial charge in [0.15, 0.2) is 0 Å². The van der Waals surface area contributed by atoms with E-state index in [1.807, 2.05) is 48.5 Å². The van der Waals surface area contributed by atoms with Crippen LogP contribution in [0.2, 0.25) is 0 Å². The molecule has 3 aromatic carbocycles. The quantitative estimate of drug-likeness (QED) is 0.717. The number of carbonyl (C=O) groups excluding carboxylic acids is 1. The molecule has 0 fully saturated rings. The number of hydrogen-bond acceptors (Lipinski definition) is 4. The summed E-state index contributed by atoms with van der Waals surface area (Å²) in [5.41, 5.74) is 5.20. The highest BCUT2D eigenvalue weighted by Gasteiger charge is 2.19. The van der Waals surface area contributed by atoms with Gasteiger partial charge < -0.3 is 15.4 Å². The van der Waals surface area contributed by atoms with Crippen LogP contribution < -0.4 is 15.4 Å². The Labute approximate surface area is 150 Å². The number of nitrogens with one attached hydrogen (secondary N) is 2. The van der Waals surface area contributed by atoms with E-state index in [0.717, 1.165) is 28.2 Å². The van der Waals surface area contributed by atoms with Crippen LogP contribution in [0.3, 0.4) is 0 Å². The molecule has 2 N–H and O–H groups in total. The number of carbonyl (C=O) groups is 1. The van der Waals surface area contributed by atoms with Crippen LogP contribution in [0.25, 0.3) is 11.1 Å². The Morgan fingerprint density at radius 1 is 0.885 bits per heavy atom. The number of benzene rings is 3. The summed E-state index contributed by atoms with van der Waals surface area (Å²) in [5, 5.41) is 15.4. The molecule has 0 unspecified atom stereocenters. The van der Waals surface area contributed by atoms with Crippen LogP contribution in [-0.2, 0) is 0 Å². The van der Waals surface area contributed by atoms with Crippen molar-refractivity contribution in [3.63, 3.8) is 0 Å². The second-order valence-electron chi connectivity index (χ2n) is 5.91. The summed E-state index contributed by atoms with van der Waals surface area (Å²) in [6.07, 6.45) is 0.